The number of aromatic nitrogens is 4. The van der Waals surface area contributed by atoms with Crippen LogP contribution in [0.2, 0.25) is 0 Å². The average molecular weight is 168 g/mol. The largest absolute Gasteiger partial charge is 0.318 e. The Morgan fingerprint density at radius 2 is 2.50 bits per heavy atom. The minimum Gasteiger partial charge on any atom is -0.318 e. The summed E-state index contributed by atoms with van der Waals surface area (Å²) in [7, 11) is 2.04. The first-order valence-corrected chi connectivity index (χ1v) is 3.92. The average Bonchev–Trinajstić information content (AvgIpc) is 2.59. The quantitative estimate of drug-likeness (QED) is 0.544. The van der Waals surface area contributed by atoms with Gasteiger partial charge in [0, 0.05) is 13.1 Å². The second-order valence-corrected chi connectivity index (χ2v) is 3.38. The van der Waals surface area contributed by atoms with E-state index in [-0.39, 0.29) is 0 Å². The Morgan fingerprint density at radius 3 is 3.00 bits per heavy atom. The van der Waals surface area contributed by atoms with Gasteiger partial charge < -0.3 is 10.6 Å². The van der Waals surface area contributed by atoms with E-state index in [1.807, 2.05) is 7.05 Å². The second kappa shape index (κ2) is 2.49. The van der Waals surface area contributed by atoms with Crippen molar-refractivity contribution in [1.29, 1.82) is 0 Å². The molecule has 1 saturated heterocycles. The molecule has 1 aromatic rings. The number of nitrogens with zero attached hydrogens (tertiary/aromatic N) is 4. The van der Waals surface area contributed by atoms with E-state index in [0.29, 0.717) is 5.82 Å². The van der Waals surface area contributed by atoms with Crippen LogP contribution < -0.4 is 5.73 Å². The first-order chi connectivity index (χ1) is 5.71. The van der Waals surface area contributed by atoms with Crippen molar-refractivity contribution >= 4 is 0 Å². The zero-order valence-corrected chi connectivity index (χ0v) is 6.99. The van der Waals surface area contributed by atoms with Gasteiger partial charge >= 0.3 is 0 Å². The molecular weight excluding hydrogens is 156 g/mol. The van der Waals surface area contributed by atoms with Crippen LogP contribution in [0.4, 0.5) is 0 Å². The minimum atomic E-state index is -0.401. The molecule has 1 aliphatic heterocycles. The number of hydrogen-bond acceptors (Lipinski definition) is 5. The van der Waals surface area contributed by atoms with Gasteiger partial charge in [0.25, 0.3) is 0 Å². The van der Waals surface area contributed by atoms with Crippen LogP contribution >= 0.6 is 0 Å². The Balaban J connectivity index is 2.23. The summed E-state index contributed by atoms with van der Waals surface area (Å²) in [4.78, 5) is 2.16. The van der Waals surface area contributed by atoms with Gasteiger partial charge in [0.05, 0.1) is 5.54 Å². The molecule has 2 rings (SSSR count). The van der Waals surface area contributed by atoms with E-state index in [2.05, 4.69) is 25.5 Å². The van der Waals surface area contributed by atoms with Gasteiger partial charge in [-0.2, -0.15) is 5.21 Å². The van der Waals surface area contributed by atoms with Crippen LogP contribution in [-0.4, -0.2) is 45.7 Å². The molecule has 1 aliphatic rings. The van der Waals surface area contributed by atoms with Gasteiger partial charge in [-0.1, -0.05) is 5.21 Å². The number of aromatic amines is 1. The third-order valence-electron chi connectivity index (χ3n) is 2.28. The predicted octanol–water partition coefficient (Wildman–Crippen LogP) is -1.31. The highest BCUT2D eigenvalue weighted by Crippen LogP contribution is 2.24. The van der Waals surface area contributed by atoms with Crippen molar-refractivity contribution in [1.82, 2.24) is 25.5 Å². The molecule has 1 aromatic heterocycles. The highest BCUT2D eigenvalue weighted by atomic mass is 15.5. The number of tetrazole rings is 1. The van der Waals surface area contributed by atoms with Crippen molar-refractivity contribution in [2.75, 3.05) is 20.1 Å². The Hall–Kier alpha value is -1.01. The molecule has 3 N–H and O–H groups in total. The maximum atomic E-state index is 6.09. The van der Waals surface area contributed by atoms with Crippen LogP contribution in [0, 0.1) is 0 Å². The zero-order valence-electron chi connectivity index (χ0n) is 6.99. The number of rotatable bonds is 1. The van der Waals surface area contributed by atoms with Crippen molar-refractivity contribution < 1.29 is 0 Å². The van der Waals surface area contributed by atoms with E-state index in [1.54, 1.807) is 0 Å². The van der Waals surface area contributed by atoms with Crippen LogP contribution in [-0.2, 0) is 5.54 Å². The first kappa shape index (κ1) is 7.63. The second-order valence-electron chi connectivity index (χ2n) is 3.38. The third-order valence-corrected chi connectivity index (χ3v) is 2.28. The summed E-state index contributed by atoms with van der Waals surface area (Å²) in [5.41, 5.74) is 5.69. The van der Waals surface area contributed by atoms with Gasteiger partial charge in [-0.15, -0.1) is 10.2 Å². The van der Waals surface area contributed by atoms with Gasteiger partial charge in [0.2, 0.25) is 0 Å². The van der Waals surface area contributed by atoms with Crippen molar-refractivity contribution in [3.8, 4) is 0 Å². The molecule has 66 valence electrons. The molecule has 1 atom stereocenters. The van der Waals surface area contributed by atoms with E-state index in [4.69, 9.17) is 5.73 Å². The summed E-state index contributed by atoms with van der Waals surface area (Å²) in [6.45, 7) is 1.79. The lowest BCUT2D eigenvalue weighted by Crippen LogP contribution is -2.40. The van der Waals surface area contributed by atoms with E-state index < -0.39 is 5.54 Å². The molecule has 6 nitrogen and oxygen atoms in total. The normalized spacial score (nSPS) is 31.2. The molecule has 0 amide bonds. The van der Waals surface area contributed by atoms with Crippen LogP contribution in [0.15, 0.2) is 0 Å². The molecule has 0 radical (unpaired) electrons. The number of nitrogens with one attached hydrogen (secondary N) is 1. The molecule has 1 unspecified atom stereocenters. The Bertz CT molecular complexity index is 257. The molecule has 0 aromatic carbocycles. The fraction of sp³-hybridized carbons (Fsp3) is 0.833. The number of likely N-dealkylation sites (N-methyl/N-ethyl adjacent to an activating group) is 1. The fourth-order valence-electron chi connectivity index (χ4n) is 1.59. The molecule has 12 heavy (non-hydrogen) atoms. The fourth-order valence-corrected chi connectivity index (χ4v) is 1.59. The topological polar surface area (TPSA) is 83.7 Å². The Labute approximate surface area is 70.1 Å². The summed E-state index contributed by atoms with van der Waals surface area (Å²) in [6.07, 6.45) is 0.892. The molecule has 0 spiro atoms. The molecule has 0 saturated carbocycles. The minimum absolute atomic E-state index is 0.401. The van der Waals surface area contributed by atoms with Crippen molar-refractivity contribution in [2.45, 2.75) is 12.0 Å². The van der Waals surface area contributed by atoms with Gasteiger partial charge in [-0.3, -0.25) is 0 Å². The van der Waals surface area contributed by atoms with E-state index >= 15 is 0 Å². The number of H-pyrrole nitrogens is 1. The van der Waals surface area contributed by atoms with Crippen molar-refractivity contribution in [2.24, 2.45) is 5.73 Å². The lowest BCUT2D eigenvalue weighted by atomic mass is 10.00. The van der Waals surface area contributed by atoms with E-state index in [1.165, 1.54) is 0 Å². The smallest absolute Gasteiger partial charge is 0.195 e. The van der Waals surface area contributed by atoms with Gasteiger partial charge in [0.1, 0.15) is 0 Å². The first-order valence-electron chi connectivity index (χ1n) is 3.92. The van der Waals surface area contributed by atoms with Crippen LogP contribution in [0.3, 0.4) is 0 Å². The lowest BCUT2D eigenvalue weighted by Gasteiger charge is -2.18. The number of hydrogen-bond donors (Lipinski definition) is 2. The summed E-state index contributed by atoms with van der Waals surface area (Å²) < 4.78 is 0. The van der Waals surface area contributed by atoms with Gasteiger partial charge in [-0.25, -0.2) is 0 Å². The van der Waals surface area contributed by atoms with Crippen LogP contribution in [0.5, 0.6) is 0 Å². The predicted molar refractivity (Wildman–Crippen MR) is 42.2 cm³/mol. The number of nitrogens with two attached hydrogens (primary N) is 1. The molecule has 0 aliphatic carbocycles. The van der Waals surface area contributed by atoms with Crippen molar-refractivity contribution in [3.05, 3.63) is 5.82 Å². The van der Waals surface area contributed by atoms with E-state index in [9.17, 15) is 0 Å². The highest BCUT2D eigenvalue weighted by Gasteiger charge is 2.37. The van der Waals surface area contributed by atoms with Crippen LogP contribution in [0.1, 0.15) is 12.2 Å². The maximum Gasteiger partial charge on any atom is 0.195 e. The highest BCUT2D eigenvalue weighted by molar-refractivity contribution is 5.06. The lowest BCUT2D eigenvalue weighted by molar-refractivity contribution is 0.363. The Morgan fingerprint density at radius 1 is 1.67 bits per heavy atom. The zero-order chi connectivity index (χ0) is 8.60. The Kier molecular flexibility index (Phi) is 1.59. The maximum absolute atomic E-state index is 6.09. The van der Waals surface area contributed by atoms with Gasteiger partial charge in [0.15, 0.2) is 5.82 Å². The van der Waals surface area contributed by atoms with Crippen molar-refractivity contribution in [3.63, 3.8) is 0 Å². The SMILES string of the molecule is CN1CCC(N)(c2nn[nH]n2)C1. The molecular formula is C6H12N6. The standard InChI is InChI=1S/C6H12N6/c1-12-3-2-6(7,4-12)5-8-10-11-9-5/h2-4,7H2,1H3,(H,8,9,10,11). The molecule has 0 bridgehead atoms. The summed E-state index contributed by atoms with van der Waals surface area (Å²) in [5.74, 6) is 0.617. The molecule has 6 heteroatoms. The van der Waals surface area contributed by atoms with Gasteiger partial charge in [-0.05, 0) is 13.5 Å². The molecule has 2 heterocycles. The van der Waals surface area contributed by atoms with E-state index in [0.717, 1.165) is 19.5 Å². The summed E-state index contributed by atoms with van der Waals surface area (Å²) >= 11 is 0. The summed E-state index contributed by atoms with van der Waals surface area (Å²) in [5, 5.41) is 13.7. The third kappa shape index (κ3) is 1.09. The van der Waals surface area contributed by atoms with Crippen LogP contribution in [0.25, 0.3) is 0 Å². The molecule has 1 fully saturated rings. The summed E-state index contributed by atoms with van der Waals surface area (Å²) in [6, 6.07) is 0. The monoisotopic (exact) mass is 168 g/mol. The number of likely N-dealkylation sites (tertiary alicyclic amines) is 1.